The lowest BCUT2D eigenvalue weighted by molar-refractivity contribution is 0.0973. The molecule has 0 aromatic heterocycles. The van der Waals surface area contributed by atoms with Crippen molar-refractivity contribution >= 4 is 21.7 Å². The number of benzene rings is 2. The van der Waals surface area contributed by atoms with Crippen LogP contribution in [-0.4, -0.2) is 12.4 Å². The van der Waals surface area contributed by atoms with Gasteiger partial charge in [-0.25, -0.2) is 0 Å². The van der Waals surface area contributed by atoms with Gasteiger partial charge in [-0.2, -0.15) is 0 Å². The molecule has 20 heavy (non-hydrogen) atoms. The molecule has 0 saturated carbocycles. The van der Waals surface area contributed by atoms with Crippen molar-refractivity contribution in [3.63, 3.8) is 0 Å². The maximum atomic E-state index is 11.9. The molecule has 0 fully saturated rings. The average Bonchev–Trinajstić information content (AvgIpc) is 2.48. The molecule has 0 aliphatic carbocycles. The molecule has 104 valence electrons. The maximum absolute atomic E-state index is 11.9. The summed E-state index contributed by atoms with van der Waals surface area (Å²) in [4.78, 5) is 11.9. The molecule has 0 saturated heterocycles. The summed E-state index contributed by atoms with van der Waals surface area (Å²) in [5.41, 5.74) is 1.91. The van der Waals surface area contributed by atoms with Crippen LogP contribution >= 0.6 is 15.9 Å². The normalized spacial score (nSPS) is 10.3. The number of halogens is 1. The topological polar surface area (TPSA) is 26.3 Å². The number of rotatable bonds is 6. The molecule has 0 atom stereocenters. The van der Waals surface area contributed by atoms with Gasteiger partial charge in [-0.3, -0.25) is 4.79 Å². The summed E-state index contributed by atoms with van der Waals surface area (Å²) >= 11 is 3.46. The Kier molecular flexibility index (Phi) is 5.36. The van der Waals surface area contributed by atoms with E-state index in [1.54, 1.807) is 0 Å². The van der Waals surface area contributed by atoms with Gasteiger partial charge in [0, 0.05) is 16.5 Å². The summed E-state index contributed by atoms with van der Waals surface area (Å²) in [5, 5.41) is 0. The van der Waals surface area contributed by atoms with Gasteiger partial charge in [-0.05, 0) is 37.1 Å². The summed E-state index contributed by atoms with van der Waals surface area (Å²) in [6.07, 6.45) is 1.24. The van der Waals surface area contributed by atoms with E-state index in [4.69, 9.17) is 4.74 Å². The van der Waals surface area contributed by atoms with Crippen molar-refractivity contribution in [1.29, 1.82) is 0 Å². The highest BCUT2D eigenvalue weighted by molar-refractivity contribution is 9.10. The third kappa shape index (κ3) is 4.20. The first-order valence-corrected chi connectivity index (χ1v) is 7.43. The Morgan fingerprint density at radius 2 is 1.90 bits per heavy atom. The molecule has 0 amide bonds. The Balaban J connectivity index is 1.76. The van der Waals surface area contributed by atoms with Gasteiger partial charge in [0.1, 0.15) is 5.75 Å². The fraction of sp³-hybridized carbons (Fsp3) is 0.235. The molecule has 0 radical (unpaired) electrons. The van der Waals surface area contributed by atoms with Gasteiger partial charge in [0.05, 0.1) is 6.61 Å². The summed E-state index contributed by atoms with van der Waals surface area (Å²) in [6, 6.07) is 15.3. The van der Waals surface area contributed by atoms with Crippen molar-refractivity contribution in [2.75, 3.05) is 6.61 Å². The van der Waals surface area contributed by atoms with Crippen molar-refractivity contribution in [2.24, 2.45) is 0 Å². The highest BCUT2D eigenvalue weighted by atomic mass is 79.9. The second kappa shape index (κ2) is 7.25. The van der Waals surface area contributed by atoms with E-state index < -0.39 is 0 Å². The first-order valence-electron chi connectivity index (χ1n) is 6.64. The molecule has 0 heterocycles. The third-order valence-corrected chi connectivity index (χ3v) is 3.93. The minimum atomic E-state index is 0.168. The van der Waals surface area contributed by atoms with E-state index in [-0.39, 0.29) is 5.78 Å². The summed E-state index contributed by atoms with van der Waals surface area (Å²) in [5.74, 6) is 1.01. The summed E-state index contributed by atoms with van der Waals surface area (Å²) < 4.78 is 6.73. The molecular formula is C17H17BrO2. The van der Waals surface area contributed by atoms with Crippen molar-refractivity contribution in [2.45, 2.75) is 19.8 Å². The van der Waals surface area contributed by atoms with Gasteiger partial charge in [-0.1, -0.05) is 46.3 Å². The number of ether oxygens (including phenoxy) is 1. The molecule has 2 rings (SSSR count). The van der Waals surface area contributed by atoms with Gasteiger partial charge in [0.2, 0.25) is 0 Å². The van der Waals surface area contributed by atoms with Crippen LogP contribution in [0.4, 0.5) is 0 Å². The molecule has 0 spiro atoms. The number of hydrogen-bond acceptors (Lipinski definition) is 2. The molecule has 2 aromatic rings. The zero-order valence-corrected chi connectivity index (χ0v) is 13.0. The minimum Gasteiger partial charge on any atom is -0.494 e. The molecule has 3 heteroatoms. The molecule has 0 N–H and O–H groups in total. The summed E-state index contributed by atoms with van der Waals surface area (Å²) in [6.45, 7) is 2.58. The lowest BCUT2D eigenvalue weighted by Crippen LogP contribution is -2.03. The van der Waals surface area contributed by atoms with Crippen LogP contribution in [0.15, 0.2) is 53.0 Å². The van der Waals surface area contributed by atoms with Crippen molar-refractivity contribution in [3.05, 3.63) is 64.1 Å². The first-order chi connectivity index (χ1) is 9.66. The fourth-order valence-corrected chi connectivity index (χ4v) is 2.14. The average molecular weight is 333 g/mol. The highest BCUT2D eigenvalue weighted by Gasteiger charge is 2.05. The van der Waals surface area contributed by atoms with Gasteiger partial charge in [-0.15, -0.1) is 0 Å². The van der Waals surface area contributed by atoms with Gasteiger partial charge in [0.25, 0.3) is 0 Å². The maximum Gasteiger partial charge on any atom is 0.163 e. The monoisotopic (exact) mass is 332 g/mol. The number of ketones is 1. The largest absolute Gasteiger partial charge is 0.494 e. The number of aryl methyl sites for hydroxylation is 1. The zero-order valence-electron chi connectivity index (χ0n) is 11.4. The molecule has 0 aliphatic rings. The molecule has 2 aromatic carbocycles. The minimum absolute atomic E-state index is 0.168. The van der Waals surface area contributed by atoms with E-state index >= 15 is 0 Å². The van der Waals surface area contributed by atoms with Crippen LogP contribution in [0, 0.1) is 6.92 Å². The van der Waals surface area contributed by atoms with E-state index in [1.165, 1.54) is 0 Å². The number of hydrogen-bond donors (Lipinski definition) is 0. The van der Waals surface area contributed by atoms with Gasteiger partial charge < -0.3 is 4.74 Å². The number of carbonyl (C=O) groups is 1. The summed E-state index contributed by atoms with van der Waals surface area (Å²) in [7, 11) is 0. The van der Waals surface area contributed by atoms with Crippen LogP contribution in [0.3, 0.4) is 0 Å². The van der Waals surface area contributed by atoms with Crippen molar-refractivity contribution < 1.29 is 9.53 Å². The highest BCUT2D eigenvalue weighted by Crippen LogP contribution is 2.21. The van der Waals surface area contributed by atoms with Crippen LogP contribution in [0.25, 0.3) is 0 Å². The zero-order chi connectivity index (χ0) is 14.4. The number of Topliss-reactive ketones (excluding diaryl/α,β-unsaturated/α-hetero) is 1. The predicted octanol–water partition coefficient (Wildman–Crippen LogP) is 4.80. The SMILES string of the molecule is Cc1cc(OCCCC(=O)c2ccccc2)ccc1Br. The standard InChI is InChI=1S/C17H17BrO2/c1-13-12-15(9-10-16(13)18)20-11-5-8-17(19)14-6-3-2-4-7-14/h2-4,6-7,9-10,12H,5,8,11H2,1H3. The second-order valence-corrected chi connectivity index (χ2v) is 5.51. The Morgan fingerprint density at radius 1 is 1.15 bits per heavy atom. The van der Waals surface area contributed by atoms with Crippen LogP contribution in [0.1, 0.15) is 28.8 Å². The molecular weight excluding hydrogens is 316 g/mol. The second-order valence-electron chi connectivity index (χ2n) is 4.65. The quantitative estimate of drug-likeness (QED) is 0.561. The van der Waals surface area contributed by atoms with Crippen molar-refractivity contribution in [1.82, 2.24) is 0 Å². The number of carbonyl (C=O) groups excluding carboxylic acids is 1. The van der Waals surface area contributed by atoms with Gasteiger partial charge in [0.15, 0.2) is 5.78 Å². The Hall–Kier alpha value is -1.61. The van der Waals surface area contributed by atoms with Crippen LogP contribution < -0.4 is 4.74 Å². The lowest BCUT2D eigenvalue weighted by atomic mass is 10.1. The fourth-order valence-electron chi connectivity index (χ4n) is 1.90. The van der Waals surface area contributed by atoms with Gasteiger partial charge >= 0.3 is 0 Å². The van der Waals surface area contributed by atoms with E-state index in [0.29, 0.717) is 13.0 Å². The molecule has 0 bridgehead atoms. The molecule has 2 nitrogen and oxygen atoms in total. The third-order valence-electron chi connectivity index (χ3n) is 3.04. The van der Waals surface area contributed by atoms with Crippen LogP contribution in [0.5, 0.6) is 5.75 Å². The van der Waals surface area contributed by atoms with Crippen LogP contribution in [0.2, 0.25) is 0 Å². The first kappa shape index (κ1) is 14.8. The Morgan fingerprint density at radius 3 is 2.60 bits per heavy atom. The van der Waals surface area contributed by atoms with E-state index in [9.17, 15) is 4.79 Å². The van der Waals surface area contributed by atoms with E-state index in [2.05, 4.69) is 15.9 Å². The Labute approximate surface area is 127 Å². The molecule has 0 aliphatic heterocycles. The lowest BCUT2D eigenvalue weighted by Gasteiger charge is -2.07. The van der Waals surface area contributed by atoms with E-state index in [0.717, 1.165) is 27.8 Å². The molecule has 0 unspecified atom stereocenters. The van der Waals surface area contributed by atoms with E-state index in [1.807, 2.05) is 55.5 Å². The predicted molar refractivity (Wildman–Crippen MR) is 84.4 cm³/mol. The van der Waals surface area contributed by atoms with Crippen LogP contribution in [-0.2, 0) is 0 Å². The Bertz CT molecular complexity index is 579. The van der Waals surface area contributed by atoms with Crippen molar-refractivity contribution in [3.8, 4) is 5.75 Å². The smallest absolute Gasteiger partial charge is 0.163 e.